The Morgan fingerprint density at radius 2 is 2.24 bits per heavy atom. The highest BCUT2D eigenvalue weighted by atomic mass is 32.2. The molecule has 0 aliphatic carbocycles. The van der Waals surface area contributed by atoms with Crippen LogP contribution < -0.4 is 5.32 Å². The van der Waals surface area contributed by atoms with Crippen LogP contribution in [0.15, 0.2) is 9.64 Å². The molecule has 0 saturated heterocycles. The van der Waals surface area contributed by atoms with E-state index in [-0.39, 0.29) is 11.7 Å². The molecule has 0 bridgehead atoms. The minimum Gasteiger partial charge on any atom is -0.467 e. The summed E-state index contributed by atoms with van der Waals surface area (Å²) in [4.78, 5) is 22.3. The van der Waals surface area contributed by atoms with Gasteiger partial charge in [0, 0.05) is 19.6 Å². The van der Waals surface area contributed by atoms with Gasteiger partial charge in [-0.1, -0.05) is 11.8 Å². The van der Waals surface area contributed by atoms with Crippen molar-refractivity contribution < 1.29 is 18.7 Å². The fourth-order valence-corrected chi connectivity index (χ4v) is 1.85. The average molecular weight is 259 g/mol. The molecule has 0 radical (unpaired) electrons. The molecule has 1 heterocycles. The number of carbonyl (C=O) groups is 2. The first-order valence-corrected chi connectivity index (χ1v) is 5.79. The number of nitrogens with one attached hydrogen (secondary N) is 1. The van der Waals surface area contributed by atoms with E-state index in [1.54, 1.807) is 6.92 Å². The van der Waals surface area contributed by atoms with Gasteiger partial charge in [0.1, 0.15) is 6.04 Å². The predicted octanol–water partition coefficient (Wildman–Crippen LogP) is 0.148. The van der Waals surface area contributed by atoms with E-state index in [1.165, 1.54) is 25.8 Å². The topological polar surface area (TPSA) is 94.3 Å². The number of hydrogen-bond acceptors (Lipinski definition) is 7. The molecule has 0 saturated carbocycles. The summed E-state index contributed by atoms with van der Waals surface area (Å²) in [5, 5.41) is 10.2. The van der Waals surface area contributed by atoms with E-state index in [0.29, 0.717) is 11.1 Å². The molecule has 1 amide bonds. The number of methoxy groups -OCH3 is 1. The highest BCUT2D eigenvalue weighted by Gasteiger charge is 2.21. The van der Waals surface area contributed by atoms with Crippen LogP contribution in [0.5, 0.6) is 0 Å². The second-order valence-corrected chi connectivity index (χ2v) is 4.15. The lowest BCUT2D eigenvalue weighted by atomic mass is 10.3. The minimum absolute atomic E-state index is 0.272. The SMILES string of the molecule is COC(=O)C(CSc1nnc(C)o1)NC(C)=O. The molecule has 0 aliphatic rings. The van der Waals surface area contributed by atoms with E-state index in [2.05, 4.69) is 20.3 Å². The first-order valence-electron chi connectivity index (χ1n) is 4.80. The monoisotopic (exact) mass is 259 g/mol. The average Bonchev–Trinajstić information content (AvgIpc) is 2.68. The molecular weight excluding hydrogens is 246 g/mol. The van der Waals surface area contributed by atoms with Crippen molar-refractivity contribution in [1.82, 2.24) is 15.5 Å². The fraction of sp³-hybridized carbons (Fsp3) is 0.556. The highest BCUT2D eigenvalue weighted by Crippen LogP contribution is 2.16. The van der Waals surface area contributed by atoms with Crippen LogP contribution in [0, 0.1) is 6.92 Å². The van der Waals surface area contributed by atoms with Crippen LogP contribution in [0.25, 0.3) is 0 Å². The largest absolute Gasteiger partial charge is 0.467 e. The van der Waals surface area contributed by atoms with E-state index >= 15 is 0 Å². The number of ether oxygens (including phenoxy) is 1. The van der Waals surface area contributed by atoms with Crippen LogP contribution in [0.3, 0.4) is 0 Å². The number of hydrogen-bond donors (Lipinski definition) is 1. The second kappa shape index (κ2) is 6.24. The number of esters is 1. The van der Waals surface area contributed by atoms with Crippen LogP contribution in [-0.4, -0.2) is 41.0 Å². The highest BCUT2D eigenvalue weighted by molar-refractivity contribution is 7.99. The third kappa shape index (κ3) is 4.43. The molecular formula is C9H13N3O4S. The second-order valence-electron chi connectivity index (χ2n) is 3.17. The van der Waals surface area contributed by atoms with Crippen molar-refractivity contribution in [3.05, 3.63) is 5.89 Å². The van der Waals surface area contributed by atoms with Crippen molar-refractivity contribution in [2.45, 2.75) is 25.1 Å². The van der Waals surface area contributed by atoms with Crippen molar-refractivity contribution in [1.29, 1.82) is 0 Å². The summed E-state index contributed by atoms with van der Waals surface area (Å²) in [7, 11) is 1.26. The third-order valence-corrected chi connectivity index (χ3v) is 2.66. The molecule has 1 atom stereocenters. The van der Waals surface area contributed by atoms with E-state index in [4.69, 9.17) is 4.42 Å². The summed E-state index contributed by atoms with van der Waals surface area (Å²) in [6, 6.07) is -0.727. The van der Waals surface area contributed by atoms with E-state index in [0.717, 1.165) is 0 Å². The standard InChI is InChI=1S/C9H13N3O4S/c1-5(13)10-7(8(14)15-3)4-17-9-12-11-6(2)16-9/h7H,4H2,1-3H3,(H,10,13). The Bertz CT molecular complexity index is 407. The summed E-state index contributed by atoms with van der Waals surface area (Å²) >= 11 is 1.18. The van der Waals surface area contributed by atoms with Crippen LogP contribution >= 0.6 is 11.8 Å². The Labute approximate surface area is 102 Å². The van der Waals surface area contributed by atoms with Gasteiger partial charge >= 0.3 is 5.97 Å². The maximum atomic E-state index is 11.4. The Balaban J connectivity index is 2.54. The Kier molecular flexibility index (Phi) is 4.95. The summed E-state index contributed by atoms with van der Waals surface area (Å²) in [6.45, 7) is 3.00. The van der Waals surface area contributed by atoms with Gasteiger partial charge in [0.2, 0.25) is 11.8 Å². The van der Waals surface area contributed by atoms with Gasteiger partial charge in [0.05, 0.1) is 7.11 Å². The van der Waals surface area contributed by atoms with E-state index < -0.39 is 12.0 Å². The number of carbonyl (C=O) groups excluding carboxylic acids is 2. The zero-order valence-electron chi connectivity index (χ0n) is 9.72. The molecule has 1 rings (SSSR count). The molecule has 1 N–H and O–H groups in total. The minimum atomic E-state index is -0.727. The number of rotatable bonds is 5. The van der Waals surface area contributed by atoms with Gasteiger partial charge in [-0.2, -0.15) is 0 Å². The Hall–Kier alpha value is -1.57. The zero-order chi connectivity index (χ0) is 12.8. The van der Waals surface area contributed by atoms with Crippen molar-refractivity contribution in [2.24, 2.45) is 0 Å². The van der Waals surface area contributed by atoms with Crippen molar-refractivity contribution in [3.63, 3.8) is 0 Å². The van der Waals surface area contributed by atoms with Crippen LogP contribution in [-0.2, 0) is 14.3 Å². The van der Waals surface area contributed by atoms with Crippen LogP contribution in [0.4, 0.5) is 0 Å². The molecule has 1 aromatic heterocycles. The number of aryl methyl sites for hydroxylation is 1. The molecule has 0 fully saturated rings. The molecule has 8 heteroatoms. The number of nitrogens with zero attached hydrogens (tertiary/aromatic N) is 2. The number of amides is 1. The lowest BCUT2D eigenvalue weighted by molar-refractivity contribution is -0.144. The van der Waals surface area contributed by atoms with Gasteiger partial charge in [0.25, 0.3) is 5.22 Å². The maximum Gasteiger partial charge on any atom is 0.329 e. The summed E-state index contributed by atoms with van der Waals surface area (Å²) < 4.78 is 9.70. The smallest absolute Gasteiger partial charge is 0.329 e. The van der Waals surface area contributed by atoms with Gasteiger partial charge < -0.3 is 14.5 Å². The Morgan fingerprint density at radius 1 is 1.53 bits per heavy atom. The van der Waals surface area contributed by atoms with E-state index in [9.17, 15) is 9.59 Å². The molecule has 7 nitrogen and oxygen atoms in total. The quantitative estimate of drug-likeness (QED) is 0.594. The zero-order valence-corrected chi connectivity index (χ0v) is 10.5. The lowest BCUT2D eigenvalue weighted by Gasteiger charge is -2.13. The van der Waals surface area contributed by atoms with Gasteiger partial charge in [-0.15, -0.1) is 10.2 Å². The van der Waals surface area contributed by atoms with E-state index in [1.807, 2.05) is 0 Å². The Morgan fingerprint density at radius 3 is 2.71 bits per heavy atom. The van der Waals surface area contributed by atoms with Crippen molar-refractivity contribution >= 4 is 23.6 Å². The van der Waals surface area contributed by atoms with Crippen molar-refractivity contribution in [3.8, 4) is 0 Å². The molecule has 94 valence electrons. The predicted molar refractivity (Wildman–Crippen MR) is 59.4 cm³/mol. The summed E-state index contributed by atoms with van der Waals surface area (Å²) in [6.07, 6.45) is 0. The van der Waals surface area contributed by atoms with Gasteiger partial charge in [-0.25, -0.2) is 4.79 Å². The normalized spacial score (nSPS) is 11.9. The molecule has 0 aliphatic heterocycles. The van der Waals surface area contributed by atoms with Gasteiger partial charge in [-0.05, 0) is 0 Å². The third-order valence-electron chi connectivity index (χ3n) is 1.74. The maximum absolute atomic E-state index is 11.4. The molecule has 17 heavy (non-hydrogen) atoms. The molecule has 0 spiro atoms. The lowest BCUT2D eigenvalue weighted by Crippen LogP contribution is -2.42. The fourth-order valence-electron chi connectivity index (χ4n) is 1.05. The summed E-state index contributed by atoms with van der Waals surface area (Å²) in [5.41, 5.74) is 0. The first kappa shape index (κ1) is 13.5. The van der Waals surface area contributed by atoms with Gasteiger partial charge in [-0.3, -0.25) is 4.79 Å². The van der Waals surface area contributed by atoms with Crippen LogP contribution in [0.2, 0.25) is 0 Å². The van der Waals surface area contributed by atoms with Crippen LogP contribution in [0.1, 0.15) is 12.8 Å². The molecule has 0 aromatic carbocycles. The molecule has 1 unspecified atom stereocenters. The van der Waals surface area contributed by atoms with Crippen molar-refractivity contribution in [2.75, 3.05) is 12.9 Å². The van der Waals surface area contributed by atoms with Gasteiger partial charge in [0.15, 0.2) is 0 Å². The summed E-state index contributed by atoms with van der Waals surface area (Å²) in [5.74, 6) is -0.0956. The first-order chi connectivity index (χ1) is 8.02. The number of thioether (sulfide) groups is 1. The number of aromatic nitrogens is 2. The molecule has 1 aromatic rings.